The van der Waals surface area contributed by atoms with Crippen LogP contribution >= 0.6 is 0 Å². The number of likely N-dealkylation sites (N-methyl/N-ethyl adjacent to an activating group) is 1. The first-order valence-electron chi connectivity index (χ1n) is 9.86. The molecule has 0 unspecified atom stereocenters. The van der Waals surface area contributed by atoms with Crippen LogP contribution < -0.4 is 14.9 Å². The van der Waals surface area contributed by atoms with Crippen LogP contribution in [-0.4, -0.2) is 62.7 Å². The quantitative estimate of drug-likeness (QED) is 0.646. The summed E-state index contributed by atoms with van der Waals surface area (Å²) in [5.74, 6) is 0.889. The van der Waals surface area contributed by atoms with Crippen LogP contribution in [0.3, 0.4) is 0 Å². The van der Waals surface area contributed by atoms with Crippen molar-refractivity contribution in [2.45, 2.75) is 0 Å². The van der Waals surface area contributed by atoms with E-state index < -0.39 is 0 Å². The van der Waals surface area contributed by atoms with Crippen molar-refractivity contribution >= 4 is 16.9 Å². The fourth-order valence-electron chi connectivity index (χ4n) is 3.47. The second-order valence-electron chi connectivity index (χ2n) is 7.29. The van der Waals surface area contributed by atoms with Gasteiger partial charge in [0, 0.05) is 31.7 Å². The lowest BCUT2D eigenvalue weighted by Crippen LogP contribution is -2.48. The summed E-state index contributed by atoms with van der Waals surface area (Å²) in [6.45, 7) is 2.73. The highest BCUT2D eigenvalue weighted by atomic mass is 16.5. The number of carbonyl (C=O) groups is 1. The molecule has 0 saturated carbocycles. The molecule has 1 aliphatic rings. The molecule has 1 amide bonds. The molecule has 4 rings (SSSR count). The third kappa shape index (κ3) is 4.02. The Balaban J connectivity index is 1.67. The molecule has 2 heterocycles. The Morgan fingerprint density at radius 2 is 1.73 bits per heavy atom. The van der Waals surface area contributed by atoms with E-state index in [2.05, 4.69) is 4.90 Å². The van der Waals surface area contributed by atoms with Crippen molar-refractivity contribution in [1.29, 1.82) is 0 Å². The molecule has 0 spiro atoms. The lowest BCUT2D eigenvalue weighted by molar-refractivity contribution is -0.134. The molecule has 7 nitrogen and oxygen atoms in total. The molecule has 0 aliphatic carbocycles. The van der Waals surface area contributed by atoms with Gasteiger partial charge in [0.25, 0.3) is 5.91 Å². The number of rotatable bonds is 5. The normalized spacial score (nSPS) is 14.7. The van der Waals surface area contributed by atoms with E-state index in [0.29, 0.717) is 41.1 Å². The van der Waals surface area contributed by atoms with Gasteiger partial charge in [0.15, 0.2) is 12.4 Å². The monoisotopic (exact) mass is 408 g/mol. The van der Waals surface area contributed by atoms with Gasteiger partial charge in [-0.1, -0.05) is 12.1 Å². The molecule has 0 bridgehead atoms. The van der Waals surface area contributed by atoms with Gasteiger partial charge >= 0.3 is 0 Å². The first-order chi connectivity index (χ1) is 14.6. The highest BCUT2D eigenvalue weighted by molar-refractivity contribution is 5.83. The summed E-state index contributed by atoms with van der Waals surface area (Å²) in [5, 5.41) is 0.414. The molecule has 2 aromatic carbocycles. The molecule has 1 aliphatic heterocycles. The largest absolute Gasteiger partial charge is 0.497 e. The van der Waals surface area contributed by atoms with E-state index in [1.807, 2.05) is 7.05 Å². The summed E-state index contributed by atoms with van der Waals surface area (Å²) in [7, 11) is 3.61. The molecular weight excluding hydrogens is 384 g/mol. The van der Waals surface area contributed by atoms with Crippen molar-refractivity contribution in [3.63, 3.8) is 0 Å². The van der Waals surface area contributed by atoms with Gasteiger partial charge in [0.1, 0.15) is 11.3 Å². The van der Waals surface area contributed by atoms with E-state index in [0.717, 1.165) is 13.1 Å². The number of hydrogen-bond donors (Lipinski definition) is 0. The summed E-state index contributed by atoms with van der Waals surface area (Å²) >= 11 is 0. The zero-order valence-corrected chi connectivity index (χ0v) is 17.1. The van der Waals surface area contributed by atoms with E-state index in [-0.39, 0.29) is 23.7 Å². The summed E-state index contributed by atoms with van der Waals surface area (Å²) < 4.78 is 17.0. The molecule has 156 valence electrons. The van der Waals surface area contributed by atoms with Crippen LogP contribution in [-0.2, 0) is 4.79 Å². The minimum Gasteiger partial charge on any atom is -0.497 e. The van der Waals surface area contributed by atoms with Crippen LogP contribution in [0.15, 0.2) is 57.7 Å². The molecule has 0 N–H and O–H groups in total. The third-order valence-corrected chi connectivity index (χ3v) is 5.30. The maximum Gasteiger partial charge on any atom is 0.260 e. The van der Waals surface area contributed by atoms with Crippen LogP contribution in [0.25, 0.3) is 22.3 Å². The number of nitrogens with zero attached hydrogens (tertiary/aromatic N) is 2. The Kier molecular flexibility index (Phi) is 5.72. The Morgan fingerprint density at radius 3 is 2.43 bits per heavy atom. The van der Waals surface area contributed by atoms with E-state index in [1.54, 1.807) is 60.5 Å². The molecule has 7 heteroatoms. The summed E-state index contributed by atoms with van der Waals surface area (Å²) in [5.41, 5.74) is 0.834. The van der Waals surface area contributed by atoms with Crippen LogP contribution in [0, 0.1) is 0 Å². The second kappa shape index (κ2) is 8.59. The number of piperazine rings is 1. The van der Waals surface area contributed by atoms with Crippen LogP contribution in [0.1, 0.15) is 0 Å². The second-order valence-corrected chi connectivity index (χ2v) is 7.29. The number of fused-ring (bicyclic) bond motifs is 1. The standard InChI is InChI=1S/C23H24N2O5/c1-24-11-13-25(14-12-24)20(26)15-29-23-21(27)18-5-3-4-6-19(18)30-22(23)16-7-9-17(28-2)10-8-16/h3-10H,11-15H2,1-2H3. The molecule has 3 aromatic rings. The lowest BCUT2D eigenvalue weighted by Gasteiger charge is -2.32. The first kappa shape index (κ1) is 20.0. The van der Waals surface area contributed by atoms with E-state index in [9.17, 15) is 9.59 Å². The Morgan fingerprint density at radius 1 is 1.03 bits per heavy atom. The van der Waals surface area contributed by atoms with Crippen LogP contribution in [0.5, 0.6) is 11.5 Å². The maximum absolute atomic E-state index is 13.1. The van der Waals surface area contributed by atoms with Gasteiger partial charge in [-0.3, -0.25) is 9.59 Å². The Labute approximate surface area is 174 Å². The summed E-state index contributed by atoms with van der Waals surface area (Å²) in [4.78, 5) is 29.7. The first-order valence-corrected chi connectivity index (χ1v) is 9.86. The molecular formula is C23H24N2O5. The third-order valence-electron chi connectivity index (χ3n) is 5.30. The molecule has 1 aromatic heterocycles. The molecule has 0 radical (unpaired) electrons. The molecule has 1 fully saturated rings. The Hall–Kier alpha value is -3.32. The minimum absolute atomic E-state index is 0.0429. The zero-order valence-electron chi connectivity index (χ0n) is 17.1. The number of hydrogen-bond acceptors (Lipinski definition) is 6. The SMILES string of the molecule is COc1ccc(-c2oc3ccccc3c(=O)c2OCC(=O)N2CCN(C)CC2)cc1. The van der Waals surface area contributed by atoms with Crippen molar-refractivity contribution in [2.24, 2.45) is 0 Å². The Bertz CT molecular complexity index is 1100. The van der Waals surface area contributed by atoms with E-state index >= 15 is 0 Å². The van der Waals surface area contributed by atoms with Gasteiger partial charge in [-0.25, -0.2) is 0 Å². The average Bonchev–Trinajstić information content (AvgIpc) is 2.78. The zero-order chi connectivity index (χ0) is 21.1. The van der Waals surface area contributed by atoms with Gasteiger partial charge in [-0.2, -0.15) is 0 Å². The van der Waals surface area contributed by atoms with Crippen molar-refractivity contribution in [3.05, 3.63) is 58.8 Å². The summed E-state index contributed by atoms with van der Waals surface area (Å²) in [6, 6.07) is 14.2. The highest BCUT2D eigenvalue weighted by Gasteiger charge is 2.22. The van der Waals surface area contributed by atoms with Crippen LogP contribution in [0.4, 0.5) is 0 Å². The van der Waals surface area contributed by atoms with Gasteiger partial charge in [0.05, 0.1) is 12.5 Å². The molecule has 30 heavy (non-hydrogen) atoms. The predicted octanol–water partition coefficient (Wildman–Crippen LogP) is 2.62. The van der Waals surface area contributed by atoms with E-state index in [1.165, 1.54) is 0 Å². The lowest BCUT2D eigenvalue weighted by atomic mass is 10.1. The average molecular weight is 408 g/mol. The van der Waals surface area contributed by atoms with E-state index in [4.69, 9.17) is 13.9 Å². The number of carbonyl (C=O) groups excluding carboxylic acids is 1. The fraction of sp³-hybridized carbons (Fsp3) is 0.304. The summed E-state index contributed by atoms with van der Waals surface area (Å²) in [6.07, 6.45) is 0. The van der Waals surface area contributed by atoms with Crippen molar-refractivity contribution < 1.29 is 18.7 Å². The minimum atomic E-state index is -0.297. The van der Waals surface area contributed by atoms with Gasteiger partial charge < -0.3 is 23.7 Å². The highest BCUT2D eigenvalue weighted by Crippen LogP contribution is 2.32. The van der Waals surface area contributed by atoms with Crippen molar-refractivity contribution in [1.82, 2.24) is 9.80 Å². The van der Waals surface area contributed by atoms with Gasteiger partial charge in [0.2, 0.25) is 11.2 Å². The fourth-order valence-corrected chi connectivity index (χ4v) is 3.47. The topological polar surface area (TPSA) is 72.2 Å². The van der Waals surface area contributed by atoms with Crippen LogP contribution in [0.2, 0.25) is 0 Å². The molecule has 1 saturated heterocycles. The van der Waals surface area contributed by atoms with Crippen molar-refractivity contribution in [2.75, 3.05) is 46.9 Å². The van der Waals surface area contributed by atoms with Gasteiger partial charge in [-0.05, 0) is 43.4 Å². The smallest absolute Gasteiger partial charge is 0.260 e. The maximum atomic E-state index is 13.1. The molecule has 0 atom stereocenters. The number of amides is 1. The number of ether oxygens (including phenoxy) is 2. The van der Waals surface area contributed by atoms with Crippen molar-refractivity contribution in [3.8, 4) is 22.8 Å². The predicted molar refractivity (Wildman–Crippen MR) is 114 cm³/mol. The van der Waals surface area contributed by atoms with Gasteiger partial charge in [-0.15, -0.1) is 0 Å². The number of benzene rings is 2. The number of para-hydroxylation sites is 1. The number of methoxy groups -OCH3 is 1.